The zero-order chi connectivity index (χ0) is 31.7. The highest BCUT2D eigenvalue weighted by Crippen LogP contribution is 2.41. The first-order valence-electron chi connectivity index (χ1n) is 15.1. The van der Waals surface area contributed by atoms with E-state index in [0.717, 1.165) is 29.4 Å². The first-order valence-corrected chi connectivity index (χ1v) is 15.5. The Morgan fingerprint density at radius 3 is 2.49 bits per heavy atom. The smallest absolute Gasteiger partial charge is 0.251 e. The van der Waals surface area contributed by atoms with E-state index < -0.39 is 5.60 Å². The number of fused-ring (bicyclic) bond motifs is 1. The molecule has 0 spiro atoms. The third-order valence-corrected chi connectivity index (χ3v) is 9.01. The van der Waals surface area contributed by atoms with E-state index >= 15 is 0 Å². The summed E-state index contributed by atoms with van der Waals surface area (Å²) in [4.78, 5) is 41.5. The summed E-state index contributed by atoms with van der Waals surface area (Å²) >= 11 is 6.32. The molecule has 1 fully saturated rings. The Bertz CT molecular complexity index is 1870. The number of hydrogen-bond donors (Lipinski definition) is 3. The molecular weight excluding hydrogens is 590 g/mol. The summed E-state index contributed by atoms with van der Waals surface area (Å²) in [7, 11) is 3.63. The van der Waals surface area contributed by atoms with Crippen molar-refractivity contribution in [1.29, 1.82) is 0 Å². The van der Waals surface area contributed by atoms with E-state index in [-0.39, 0.29) is 17.4 Å². The number of pyridine rings is 1. The number of nitrogens with one attached hydrogen (secondary N) is 2. The Morgan fingerprint density at radius 1 is 1.02 bits per heavy atom. The van der Waals surface area contributed by atoms with E-state index in [4.69, 9.17) is 11.6 Å². The normalized spacial score (nSPS) is 16.1. The van der Waals surface area contributed by atoms with Gasteiger partial charge >= 0.3 is 0 Å². The molecule has 3 heterocycles. The Balaban J connectivity index is 1.34. The van der Waals surface area contributed by atoms with Gasteiger partial charge in [0.1, 0.15) is 0 Å². The number of aryl methyl sites for hydroxylation is 1. The molecule has 6 rings (SSSR count). The predicted octanol–water partition coefficient (Wildman–Crippen LogP) is 4.17. The molecule has 0 saturated carbocycles. The van der Waals surface area contributed by atoms with Crippen molar-refractivity contribution in [3.8, 4) is 11.1 Å². The highest BCUT2D eigenvalue weighted by molar-refractivity contribution is 6.30. The summed E-state index contributed by atoms with van der Waals surface area (Å²) in [5.41, 5.74) is 2.81. The van der Waals surface area contributed by atoms with Gasteiger partial charge in [0.2, 0.25) is 5.91 Å². The fourth-order valence-electron chi connectivity index (χ4n) is 6.28. The van der Waals surface area contributed by atoms with Gasteiger partial charge in [0, 0.05) is 68.4 Å². The average molecular weight is 626 g/mol. The van der Waals surface area contributed by atoms with Crippen molar-refractivity contribution < 1.29 is 14.7 Å². The van der Waals surface area contributed by atoms with Gasteiger partial charge in [0.05, 0.1) is 17.9 Å². The Hall–Kier alpha value is -4.60. The average Bonchev–Trinajstić information content (AvgIpc) is 3.67. The molecule has 1 unspecified atom stereocenters. The maximum atomic E-state index is 12.9. The van der Waals surface area contributed by atoms with Crippen LogP contribution in [0.3, 0.4) is 0 Å². The molecule has 3 aromatic carbocycles. The number of rotatable bonds is 9. The first kappa shape index (κ1) is 30.4. The fraction of sp³-hybridized carbons (Fsp3) is 0.286. The Morgan fingerprint density at radius 2 is 1.80 bits per heavy atom. The molecule has 1 atom stereocenters. The van der Waals surface area contributed by atoms with Crippen LogP contribution in [0.4, 0.5) is 0 Å². The van der Waals surface area contributed by atoms with Gasteiger partial charge in [0.25, 0.3) is 11.5 Å². The molecular formula is C35H36ClN5O4. The van der Waals surface area contributed by atoms with Crippen LogP contribution < -0.4 is 16.2 Å². The third kappa shape index (κ3) is 5.81. The lowest BCUT2D eigenvalue weighted by atomic mass is 9.82. The second-order valence-corrected chi connectivity index (χ2v) is 12.1. The summed E-state index contributed by atoms with van der Waals surface area (Å²) in [6.45, 7) is 2.42. The van der Waals surface area contributed by atoms with Crippen LogP contribution in [-0.2, 0) is 17.4 Å². The molecule has 3 N–H and O–H groups in total. The highest BCUT2D eigenvalue weighted by Gasteiger charge is 2.40. The number of amides is 2. The van der Waals surface area contributed by atoms with E-state index in [2.05, 4.69) is 10.6 Å². The second-order valence-electron chi connectivity index (χ2n) is 11.7. The van der Waals surface area contributed by atoms with E-state index in [1.54, 1.807) is 54.2 Å². The van der Waals surface area contributed by atoms with Crippen LogP contribution in [0.15, 0.2) is 89.5 Å². The first-order chi connectivity index (χ1) is 21.7. The fourth-order valence-corrected chi connectivity index (χ4v) is 6.47. The summed E-state index contributed by atoms with van der Waals surface area (Å²) < 4.78 is 1.59. The molecule has 1 aromatic heterocycles. The molecule has 2 amide bonds. The molecule has 9 nitrogen and oxygen atoms in total. The molecule has 4 aromatic rings. The molecule has 0 aliphatic carbocycles. The van der Waals surface area contributed by atoms with Crippen molar-refractivity contribution in [3.05, 3.63) is 117 Å². The quantitative estimate of drug-likeness (QED) is 0.241. The number of aliphatic hydroxyl groups is 1. The van der Waals surface area contributed by atoms with Crippen molar-refractivity contribution in [1.82, 2.24) is 25.0 Å². The van der Waals surface area contributed by atoms with Gasteiger partial charge in [-0.25, -0.2) is 0 Å². The number of carbonyl (C=O) groups excluding carboxylic acids is 2. The zero-order valence-electron chi connectivity index (χ0n) is 25.3. The molecule has 1 saturated heterocycles. The molecule has 0 radical (unpaired) electrons. The highest BCUT2D eigenvalue weighted by atomic mass is 35.5. The molecule has 10 heteroatoms. The topological polar surface area (TPSA) is 107 Å². The maximum Gasteiger partial charge on any atom is 0.251 e. The van der Waals surface area contributed by atoms with Crippen LogP contribution in [0.5, 0.6) is 0 Å². The molecule has 2 aliphatic heterocycles. The number of aromatic nitrogens is 1. The Labute approximate surface area is 266 Å². The van der Waals surface area contributed by atoms with Crippen molar-refractivity contribution in [2.24, 2.45) is 7.05 Å². The molecule has 232 valence electrons. The number of halogens is 1. The van der Waals surface area contributed by atoms with Gasteiger partial charge in [-0.05, 0) is 71.5 Å². The van der Waals surface area contributed by atoms with Gasteiger partial charge in [-0.2, -0.15) is 0 Å². The van der Waals surface area contributed by atoms with Gasteiger partial charge in [-0.1, -0.05) is 41.9 Å². The molecule has 2 aliphatic rings. The predicted molar refractivity (Wildman–Crippen MR) is 176 cm³/mol. The lowest BCUT2D eigenvalue weighted by molar-refractivity contribution is -0.127. The Kier molecular flexibility index (Phi) is 8.40. The van der Waals surface area contributed by atoms with E-state index in [9.17, 15) is 19.5 Å². The van der Waals surface area contributed by atoms with Gasteiger partial charge < -0.3 is 30.1 Å². The van der Waals surface area contributed by atoms with Gasteiger partial charge in [0.15, 0.2) is 5.60 Å². The zero-order valence-corrected chi connectivity index (χ0v) is 26.1. The second kappa shape index (κ2) is 12.4. The van der Waals surface area contributed by atoms with E-state index in [0.29, 0.717) is 65.6 Å². The van der Waals surface area contributed by atoms with Gasteiger partial charge in [-0.15, -0.1) is 0 Å². The van der Waals surface area contributed by atoms with Crippen molar-refractivity contribution in [2.45, 2.75) is 24.9 Å². The van der Waals surface area contributed by atoms with Crippen LogP contribution >= 0.6 is 11.6 Å². The van der Waals surface area contributed by atoms with Crippen molar-refractivity contribution in [2.75, 3.05) is 33.4 Å². The SMILES string of the molecule is CN1CNC=C1C(O)(c1ccc(C(=O)NCCCN2CCCC2=O)cc1)c1ccc2c(c1)c(-c1cccc(Cl)c1)cc(=O)n2C. The standard InChI is InChI=1S/C35H36ClN5O4/c1-39-22-37-21-31(39)35(45,25-11-9-23(10-12-25)34(44)38-15-5-17-41-16-4-8-32(41)42)26-13-14-30-29(19-26)28(20-33(43)40(30)2)24-6-3-7-27(36)18-24/h3,6-7,9-14,18-21,37,45H,4-5,8,15-17,22H2,1-2H3,(H,38,44). The van der Waals surface area contributed by atoms with E-state index in [1.807, 2.05) is 53.2 Å². The number of hydrogen-bond acceptors (Lipinski definition) is 6. The summed E-state index contributed by atoms with van der Waals surface area (Å²) in [6, 6.07) is 21.5. The van der Waals surface area contributed by atoms with Crippen molar-refractivity contribution in [3.63, 3.8) is 0 Å². The summed E-state index contributed by atoms with van der Waals surface area (Å²) in [6.07, 6.45) is 3.99. The maximum absolute atomic E-state index is 12.9. The number of carbonyl (C=O) groups is 2. The lowest BCUT2D eigenvalue weighted by Gasteiger charge is -2.34. The minimum Gasteiger partial charge on any atom is -0.374 e. The van der Waals surface area contributed by atoms with E-state index in [1.165, 1.54) is 0 Å². The summed E-state index contributed by atoms with van der Waals surface area (Å²) in [5, 5.41) is 20.2. The summed E-state index contributed by atoms with van der Waals surface area (Å²) in [5.74, 6) is -0.0340. The van der Waals surface area contributed by atoms with Crippen molar-refractivity contribution >= 4 is 34.3 Å². The van der Waals surface area contributed by atoms with Crippen LogP contribution in [-0.4, -0.2) is 64.6 Å². The lowest BCUT2D eigenvalue weighted by Crippen LogP contribution is -2.36. The monoisotopic (exact) mass is 625 g/mol. The third-order valence-electron chi connectivity index (χ3n) is 8.78. The number of nitrogens with zero attached hydrogens (tertiary/aromatic N) is 3. The van der Waals surface area contributed by atoms with Gasteiger partial charge in [-0.3, -0.25) is 14.4 Å². The number of benzene rings is 3. The number of likely N-dealkylation sites (tertiary alicyclic amines) is 1. The molecule has 0 bridgehead atoms. The van der Waals surface area contributed by atoms with Crippen LogP contribution in [0.25, 0.3) is 22.0 Å². The van der Waals surface area contributed by atoms with Crippen LogP contribution in [0.1, 0.15) is 40.7 Å². The van der Waals surface area contributed by atoms with Crippen LogP contribution in [0, 0.1) is 0 Å². The minimum absolute atomic E-state index is 0.152. The molecule has 45 heavy (non-hydrogen) atoms. The largest absolute Gasteiger partial charge is 0.374 e. The minimum atomic E-state index is -1.58. The number of likely N-dealkylation sites (N-methyl/N-ethyl adjacent to an activating group) is 1. The van der Waals surface area contributed by atoms with Crippen LogP contribution in [0.2, 0.25) is 5.02 Å².